The summed E-state index contributed by atoms with van der Waals surface area (Å²) in [7, 11) is 0. The maximum atomic E-state index is 11.6. The topological polar surface area (TPSA) is 69.6 Å². The van der Waals surface area contributed by atoms with Crippen molar-refractivity contribution in [2.45, 2.75) is 19.8 Å². The van der Waals surface area contributed by atoms with Gasteiger partial charge >= 0.3 is 12.0 Å². The second kappa shape index (κ2) is 4.88. The summed E-state index contributed by atoms with van der Waals surface area (Å²) in [6.45, 7) is 2.30. The summed E-state index contributed by atoms with van der Waals surface area (Å²) in [4.78, 5) is 23.2. The first-order valence-electron chi connectivity index (χ1n) is 5.15. The lowest BCUT2D eigenvalue weighted by atomic mass is 10.1. The molecule has 0 saturated heterocycles. The number of carbonyl (C=O) groups is 2. The predicted octanol–water partition coefficient (Wildman–Crippen LogP) is 0.516. The van der Waals surface area contributed by atoms with E-state index < -0.39 is 12.0 Å². The van der Waals surface area contributed by atoms with Crippen molar-refractivity contribution in [3.63, 3.8) is 0 Å². The number of aliphatic carboxylic acids is 1. The van der Waals surface area contributed by atoms with Gasteiger partial charge in [0.05, 0.1) is 6.54 Å². The van der Waals surface area contributed by atoms with Crippen molar-refractivity contribution in [3.05, 3.63) is 0 Å². The summed E-state index contributed by atoms with van der Waals surface area (Å²) in [6, 6.07) is -0.409. The molecule has 88 valence electrons. The van der Waals surface area contributed by atoms with Gasteiger partial charge in [-0.3, -0.25) is 4.79 Å². The molecule has 0 aromatic rings. The first-order valence-corrected chi connectivity index (χ1v) is 5.15. The predicted molar refractivity (Wildman–Crippen MR) is 58.8 cm³/mol. The van der Waals surface area contributed by atoms with Gasteiger partial charge in [-0.15, -0.1) is 6.42 Å². The van der Waals surface area contributed by atoms with Crippen LogP contribution in [-0.4, -0.2) is 41.6 Å². The zero-order chi connectivity index (χ0) is 12.2. The van der Waals surface area contributed by atoms with Crippen LogP contribution in [0.5, 0.6) is 0 Å². The highest BCUT2D eigenvalue weighted by atomic mass is 16.4. The van der Waals surface area contributed by atoms with Gasteiger partial charge < -0.3 is 15.3 Å². The molecule has 0 aliphatic heterocycles. The molecule has 1 fully saturated rings. The number of nitrogens with one attached hydrogen (secondary N) is 1. The van der Waals surface area contributed by atoms with Crippen LogP contribution in [0, 0.1) is 17.8 Å². The van der Waals surface area contributed by atoms with Gasteiger partial charge in [0, 0.05) is 6.54 Å². The van der Waals surface area contributed by atoms with Crippen LogP contribution in [0.25, 0.3) is 0 Å². The van der Waals surface area contributed by atoms with Crippen molar-refractivity contribution in [2.24, 2.45) is 5.41 Å². The third-order valence-electron chi connectivity index (χ3n) is 2.67. The molecule has 2 N–H and O–H groups in total. The van der Waals surface area contributed by atoms with Crippen molar-refractivity contribution >= 4 is 12.0 Å². The van der Waals surface area contributed by atoms with Crippen LogP contribution in [0.3, 0.4) is 0 Å². The Morgan fingerprint density at radius 3 is 2.62 bits per heavy atom. The molecule has 0 aromatic heterocycles. The Morgan fingerprint density at radius 2 is 2.19 bits per heavy atom. The molecule has 16 heavy (non-hydrogen) atoms. The number of carbonyl (C=O) groups excluding carboxylic acids is 1. The second-order valence-corrected chi connectivity index (χ2v) is 4.42. The van der Waals surface area contributed by atoms with Crippen LogP contribution in [0.1, 0.15) is 19.8 Å². The fraction of sp³-hybridized carbons (Fsp3) is 0.636. The first-order chi connectivity index (χ1) is 7.47. The molecule has 0 aromatic carbocycles. The Labute approximate surface area is 94.8 Å². The number of hydrogen-bond acceptors (Lipinski definition) is 2. The zero-order valence-corrected chi connectivity index (χ0v) is 9.32. The fourth-order valence-corrected chi connectivity index (χ4v) is 1.26. The maximum absolute atomic E-state index is 11.6. The standard InChI is InChI=1S/C11H16N2O3/c1-3-6-13(7-9(14)15)10(16)12-8-11(2)4-5-11/h1H,4-8H2,2H3,(H,12,16)(H,14,15). The molecule has 0 atom stereocenters. The zero-order valence-electron chi connectivity index (χ0n) is 9.32. The minimum Gasteiger partial charge on any atom is -0.480 e. The van der Waals surface area contributed by atoms with Crippen molar-refractivity contribution < 1.29 is 14.7 Å². The van der Waals surface area contributed by atoms with Gasteiger partial charge in [-0.1, -0.05) is 12.8 Å². The van der Waals surface area contributed by atoms with E-state index in [0.717, 1.165) is 17.7 Å². The van der Waals surface area contributed by atoms with Gasteiger partial charge in [-0.05, 0) is 18.3 Å². The van der Waals surface area contributed by atoms with Crippen LogP contribution in [0.4, 0.5) is 4.79 Å². The highest BCUT2D eigenvalue weighted by Gasteiger charge is 2.37. The summed E-state index contributed by atoms with van der Waals surface area (Å²) in [6.07, 6.45) is 7.27. The maximum Gasteiger partial charge on any atom is 0.323 e. The van der Waals surface area contributed by atoms with Crippen molar-refractivity contribution in [2.75, 3.05) is 19.6 Å². The second-order valence-electron chi connectivity index (χ2n) is 4.42. The lowest BCUT2D eigenvalue weighted by Gasteiger charge is -2.20. The SMILES string of the molecule is C#CCN(CC(=O)O)C(=O)NCC1(C)CC1. The molecule has 5 nitrogen and oxygen atoms in total. The Kier molecular flexibility index (Phi) is 3.78. The van der Waals surface area contributed by atoms with E-state index in [-0.39, 0.29) is 18.5 Å². The monoisotopic (exact) mass is 224 g/mol. The summed E-state index contributed by atoms with van der Waals surface area (Å²) in [5, 5.41) is 11.3. The van der Waals surface area contributed by atoms with Crippen LogP contribution < -0.4 is 5.32 Å². The fourth-order valence-electron chi connectivity index (χ4n) is 1.26. The largest absolute Gasteiger partial charge is 0.480 e. The van der Waals surface area contributed by atoms with Crippen molar-refractivity contribution in [3.8, 4) is 12.3 Å². The minimum absolute atomic E-state index is 0.00878. The number of nitrogens with zero attached hydrogens (tertiary/aromatic N) is 1. The number of carboxylic acid groups (broad SMARTS) is 1. The number of hydrogen-bond donors (Lipinski definition) is 2. The lowest BCUT2D eigenvalue weighted by Crippen LogP contribution is -2.44. The quantitative estimate of drug-likeness (QED) is 0.669. The summed E-state index contributed by atoms with van der Waals surface area (Å²) < 4.78 is 0. The van der Waals surface area contributed by atoms with Crippen LogP contribution in [-0.2, 0) is 4.79 Å². The smallest absolute Gasteiger partial charge is 0.323 e. The van der Waals surface area contributed by atoms with E-state index in [2.05, 4.69) is 18.2 Å². The average molecular weight is 224 g/mol. The van der Waals surface area contributed by atoms with E-state index >= 15 is 0 Å². The molecule has 0 radical (unpaired) electrons. The Hall–Kier alpha value is -1.70. The third-order valence-corrected chi connectivity index (χ3v) is 2.67. The molecule has 1 rings (SSSR count). The van der Waals surface area contributed by atoms with Gasteiger partial charge in [-0.25, -0.2) is 4.79 Å². The van der Waals surface area contributed by atoms with Gasteiger partial charge in [0.25, 0.3) is 0 Å². The van der Waals surface area contributed by atoms with E-state index in [4.69, 9.17) is 11.5 Å². The number of amides is 2. The Morgan fingerprint density at radius 1 is 1.56 bits per heavy atom. The highest BCUT2D eigenvalue weighted by Crippen LogP contribution is 2.43. The van der Waals surface area contributed by atoms with Crippen molar-refractivity contribution in [1.29, 1.82) is 0 Å². The van der Waals surface area contributed by atoms with Gasteiger partial charge in [0.15, 0.2) is 0 Å². The Bertz CT molecular complexity index is 329. The molecule has 1 aliphatic carbocycles. The Balaban J connectivity index is 2.40. The molecule has 1 saturated carbocycles. The minimum atomic E-state index is -1.07. The summed E-state index contributed by atoms with van der Waals surface area (Å²) in [5.41, 5.74) is 0.195. The first kappa shape index (κ1) is 12.4. The molecule has 0 bridgehead atoms. The lowest BCUT2D eigenvalue weighted by molar-refractivity contribution is -0.137. The molecular weight excluding hydrogens is 208 g/mol. The number of carboxylic acids is 1. The van der Waals surface area contributed by atoms with Crippen LogP contribution in [0.2, 0.25) is 0 Å². The number of rotatable bonds is 5. The molecular formula is C11H16N2O3. The van der Waals surface area contributed by atoms with Gasteiger partial charge in [0.1, 0.15) is 6.54 Å². The van der Waals surface area contributed by atoms with Crippen LogP contribution >= 0.6 is 0 Å². The molecule has 0 spiro atoms. The molecule has 2 amide bonds. The van der Waals surface area contributed by atoms with Crippen LogP contribution in [0.15, 0.2) is 0 Å². The van der Waals surface area contributed by atoms with Gasteiger partial charge in [-0.2, -0.15) is 0 Å². The molecule has 0 heterocycles. The van der Waals surface area contributed by atoms with E-state index in [0.29, 0.717) is 6.54 Å². The molecule has 1 aliphatic rings. The highest BCUT2D eigenvalue weighted by molar-refractivity contribution is 5.80. The summed E-state index contributed by atoms with van der Waals surface area (Å²) in [5.74, 6) is 1.20. The molecule has 0 unspecified atom stereocenters. The molecule has 5 heteroatoms. The van der Waals surface area contributed by atoms with Crippen molar-refractivity contribution in [1.82, 2.24) is 10.2 Å². The van der Waals surface area contributed by atoms with E-state index in [1.165, 1.54) is 0 Å². The number of urea groups is 1. The van der Waals surface area contributed by atoms with E-state index in [1.54, 1.807) is 0 Å². The summed E-state index contributed by atoms with van der Waals surface area (Å²) >= 11 is 0. The third kappa shape index (κ3) is 3.81. The average Bonchev–Trinajstić information content (AvgIpc) is 2.92. The van der Waals surface area contributed by atoms with E-state index in [9.17, 15) is 9.59 Å². The van der Waals surface area contributed by atoms with Gasteiger partial charge in [0.2, 0.25) is 0 Å². The van der Waals surface area contributed by atoms with E-state index in [1.807, 2.05) is 0 Å². The number of terminal acetylenes is 1. The normalized spacial score (nSPS) is 16.0.